The zero-order valence-corrected chi connectivity index (χ0v) is 13.6. The lowest BCUT2D eigenvalue weighted by atomic mass is 10.0. The zero-order chi connectivity index (χ0) is 15.9. The molecule has 0 saturated heterocycles. The van der Waals surface area contributed by atoms with E-state index in [1.54, 1.807) is 0 Å². The lowest BCUT2D eigenvalue weighted by Crippen LogP contribution is -2.53. The molecule has 7 heteroatoms. The highest BCUT2D eigenvalue weighted by Crippen LogP contribution is 2.11. The first kappa shape index (κ1) is 18.6. The number of carbonyl (C=O) groups excluding carboxylic acids is 3. The van der Waals surface area contributed by atoms with Crippen LogP contribution in [0.25, 0.3) is 0 Å². The van der Waals surface area contributed by atoms with Crippen LogP contribution in [-0.2, 0) is 14.4 Å². The highest BCUT2D eigenvalue weighted by Gasteiger charge is 2.25. The molecule has 0 radical (unpaired) electrons. The second-order valence-electron chi connectivity index (χ2n) is 5.07. The third kappa shape index (κ3) is 7.93. The Balaban J connectivity index is 4.81. The standard InChI is InChI=1S/C13H22BrN3O3/c1-7(2)5-11(16-9(4)18)13(20)17-10(12(15)19)6-8(3)14/h7,10-11H,3,5-6H2,1-2,4H3,(H2,15,19)(H,16,18)(H,17,20)/t10-,11-/m0/s1. The number of carbonyl (C=O) groups is 3. The molecule has 0 aromatic heterocycles. The fourth-order valence-electron chi connectivity index (χ4n) is 1.66. The minimum atomic E-state index is -0.849. The number of hydrogen-bond donors (Lipinski definition) is 3. The van der Waals surface area contributed by atoms with Crippen LogP contribution in [0, 0.1) is 5.92 Å². The van der Waals surface area contributed by atoms with Gasteiger partial charge in [0.25, 0.3) is 0 Å². The molecule has 0 spiro atoms. The molecule has 0 aliphatic heterocycles. The summed E-state index contributed by atoms with van der Waals surface area (Å²) in [6.45, 7) is 8.83. The number of nitrogens with one attached hydrogen (secondary N) is 2. The molecule has 20 heavy (non-hydrogen) atoms. The van der Waals surface area contributed by atoms with E-state index in [1.807, 2.05) is 13.8 Å². The van der Waals surface area contributed by atoms with Crippen molar-refractivity contribution >= 4 is 33.7 Å². The van der Waals surface area contributed by atoms with Crippen LogP contribution in [-0.4, -0.2) is 29.8 Å². The molecule has 0 rings (SSSR count). The van der Waals surface area contributed by atoms with E-state index in [0.717, 1.165) is 0 Å². The molecule has 0 fully saturated rings. The van der Waals surface area contributed by atoms with Crippen molar-refractivity contribution in [3.8, 4) is 0 Å². The molecule has 0 heterocycles. The normalized spacial score (nSPS) is 13.4. The summed E-state index contributed by atoms with van der Waals surface area (Å²) in [5.41, 5.74) is 5.23. The fraction of sp³-hybridized carbons (Fsp3) is 0.615. The monoisotopic (exact) mass is 347 g/mol. The second kappa shape index (κ2) is 8.73. The SMILES string of the molecule is C=C(Br)C[C@H](NC(=O)[C@H](CC(C)C)NC(C)=O)C(N)=O. The van der Waals surface area contributed by atoms with Crippen molar-refractivity contribution < 1.29 is 14.4 Å². The third-order valence-corrected chi connectivity index (χ3v) is 2.81. The molecule has 2 atom stereocenters. The van der Waals surface area contributed by atoms with Crippen LogP contribution in [0.2, 0.25) is 0 Å². The second-order valence-corrected chi connectivity index (χ2v) is 6.19. The van der Waals surface area contributed by atoms with E-state index in [0.29, 0.717) is 10.9 Å². The Bertz CT molecular complexity index is 396. The first-order valence-corrected chi connectivity index (χ1v) is 7.12. The molecule has 4 N–H and O–H groups in total. The first-order chi connectivity index (χ1) is 9.13. The van der Waals surface area contributed by atoms with Gasteiger partial charge in [-0.05, 0) is 16.8 Å². The summed E-state index contributed by atoms with van der Waals surface area (Å²) in [6.07, 6.45) is 0.682. The van der Waals surface area contributed by atoms with Crippen molar-refractivity contribution in [2.45, 2.75) is 45.7 Å². The van der Waals surface area contributed by atoms with Gasteiger partial charge in [-0.25, -0.2) is 0 Å². The summed E-state index contributed by atoms with van der Waals surface area (Å²) in [5, 5.41) is 5.11. The fourth-order valence-corrected chi connectivity index (χ4v) is 1.99. The van der Waals surface area contributed by atoms with Crippen LogP contribution >= 0.6 is 15.9 Å². The summed E-state index contributed by atoms with van der Waals surface area (Å²) < 4.78 is 0.557. The van der Waals surface area contributed by atoms with Crippen LogP contribution in [0.1, 0.15) is 33.6 Å². The van der Waals surface area contributed by atoms with Crippen molar-refractivity contribution in [1.82, 2.24) is 10.6 Å². The molecule has 0 bridgehead atoms. The Morgan fingerprint density at radius 2 is 1.75 bits per heavy atom. The summed E-state index contributed by atoms with van der Waals surface area (Å²) in [7, 11) is 0. The van der Waals surface area contributed by atoms with Gasteiger partial charge in [0.05, 0.1) is 0 Å². The van der Waals surface area contributed by atoms with Gasteiger partial charge in [-0.15, -0.1) is 0 Å². The van der Waals surface area contributed by atoms with Gasteiger partial charge in [0.15, 0.2) is 0 Å². The number of amides is 3. The lowest BCUT2D eigenvalue weighted by Gasteiger charge is -2.22. The van der Waals surface area contributed by atoms with Gasteiger partial charge in [0, 0.05) is 13.3 Å². The maximum Gasteiger partial charge on any atom is 0.243 e. The largest absolute Gasteiger partial charge is 0.368 e. The molecule has 0 aliphatic carbocycles. The maximum atomic E-state index is 12.1. The summed E-state index contributed by atoms with van der Waals surface area (Å²) in [6, 6.07) is -1.53. The predicted octanol–water partition coefficient (Wildman–Crippen LogP) is 0.806. The molecule has 0 saturated carbocycles. The van der Waals surface area contributed by atoms with E-state index in [2.05, 4.69) is 33.1 Å². The van der Waals surface area contributed by atoms with Crippen molar-refractivity contribution in [1.29, 1.82) is 0 Å². The third-order valence-electron chi connectivity index (χ3n) is 2.49. The molecular formula is C13H22BrN3O3. The first-order valence-electron chi connectivity index (χ1n) is 6.33. The Morgan fingerprint density at radius 3 is 2.10 bits per heavy atom. The number of rotatable bonds is 8. The number of halogens is 1. The Labute approximate surface area is 127 Å². The van der Waals surface area contributed by atoms with Crippen LogP contribution in [0.5, 0.6) is 0 Å². The van der Waals surface area contributed by atoms with E-state index in [-0.39, 0.29) is 18.2 Å². The maximum absolute atomic E-state index is 12.1. The smallest absolute Gasteiger partial charge is 0.243 e. The van der Waals surface area contributed by atoms with E-state index in [1.165, 1.54) is 6.92 Å². The van der Waals surface area contributed by atoms with Gasteiger partial charge in [-0.1, -0.05) is 36.4 Å². The van der Waals surface area contributed by atoms with Crippen LogP contribution in [0.3, 0.4) is 0 Å². The van der Waals surface area contributed by atoms with E-state index >= 15 is 0 Å². The van der Waals surface area contributed by atoms with Gasteiger partial charge in [0.2, 0.25) is 17.7 Å². The van der Waals surface area contributed by atoms with Gasteiger partial charge < -0.3 is 16.4 Å². The van der Waals surface area contributed by atoms with Crippen molar-refractivity contribution in [3.63, 3.8) is 0 Å². The van der Waals surface area contributed by atoms with Crippen molar-refractivity contribution in [2.24, 2.45) is 11.7 Å². The average Bonchev–Trinajstić information content (AvgIpc) is 2.24. The summed E-state index contributed by atoms with van der Waals surface area (Å²) >= 11 is 3.13. The van der Waals surface area contributed by atoms with Crippen molar-refractivity contribution in [2.75, 3.05) is 0 Å². The molecule has 3 amide bonds. The number of nitrogens with two attached hydrogens (primary N) is 1. The van der Waals surface area contributed by atoms with Crippen molar-refractivity contribution in [3.05, 3.63) is 11.1 Å². The Kier molecular flexibility index (Phi) is 8.13. The highest BCUT2D eigenvalue weighted by molar-refractivity contribution is 9.11. The van der Waals surface area contributed by atoms with Gasteiger partial charge in [0.1, 0.15) is 12.1 Å². The molecule has 6 nitrogen and oxygen atoms in total. The van der Waals surface area contributed by atoms with Crippen LogP contribution in [0.4, 0.5) is 0 Å². The number of hydrogen-bond acceptors (Lipinski definition) is 3. The topological polar surface area (TPSA) is 101 Å². The zero-order valence-electron chi connectivity index (χ0n) is 12.0. The molecule has 0 aromatic rings. The molecule has 0 aliphatic rings. The number of primary amides is 1. The molecule has 114 valence electrons. The Hall–Kier alpha value is -1.37. The molecule has 0 aromatic carbocycles. The van der Waals surface area contributed by atoms with Gasteiger partial charge in [-0.2, -0.15) is 0 Å². The molecule has 0 unspecified atom stereocenters. The van der Waals surface area contributed by atoms with E-state index in [9.17, 15) is 14.4 Å². The lowest BCUT2D eigenvalue weighted by molar-refractivity contribution is -0.131. The average molecular weight is 348 g/mol. The minimum absolute atomic E-state index is 0.204. The summed E-state index contributed by atoms with van der Waals surface area (Å²) in [5.74, 6) is -1.15. The van der Waals surface area contributed by atoms with Gasteiger partial charge >= 0.3 is 0 Å². The van der Waals surface area contributed by atoms with Gasteiger partial charge in [-0.3, -0.25) is 14.4 Å². The van der Waals surface area contributed by atoms with Crippen LogP contribution < -0.4 is 16.4 Å². The van der Waals surface area contributed by atoms with E-state index in [4.69, 9.17) is 5.73 Å². The highest BCUT2D eigenvalue weighted by atomic mass is 79.9. The van der Waals surface area contributed by atoms with E-state index < -0.39 is 23.9 Å². The molecular weight excluding hydrogens is 326 g/mol. The summed E-state index contributed by atoms with van der Waals surface area (Å²) in [4.78, 5) is 34.6. The predicted molar refractivity (Wildman–Crippen MR) is 80.9 cm³/mol. The van der Waals surface area contributed by atoms with Crippen LogP contribution in [0.15, 0.2) is 11.1 Å². The Morgan fingerprint density at radius 1 is 1.20 bits per heavy atom. The minimum Gasteiger partial charge on any atom is -0.368 e. The quantitative estimate of drug-likeness (QED) is 0.605.